The summed E-state index contributed by atoms with van der Waals surface area (Å²) in [4.78, 5) is 17.9. The molecule has 0 radical (unpaired) electrons. The summed E-state index contributed by atoms with van der Waals surface area (Å²) < 4.78 is 13.1. The molecular weight excluding hydrogens is 454 g/mol. The zero-order chi connectivity index (χ0) is 24.9. The van der Waals surface area contributed by atoms with Gasteiger partial charge in [-0.05, 0) is 42.3 Å². The summed E-state index contributed by atoms with van der Waals surface area (Å²) in [5.41, 5.74) is 3.96. The second-order valence-corrected chi connectivity index (χ2v) is 8.40. The Balaban J connectivity index is 1.38. The fraction of sp³-hybridized carbons (Fsp3) is 0.179. The number of fused-ring (bicyclic) bond motifs is 1. The first-order valence-electron chi connectivity index (χ1n) is 11.7. The highest BCUT2D eigenvalue weighted by Crippen LogP contribution is 2.36. The number of benzene rings is 3. The molecule has 8 heteroatoms. The van der Waals surface area contributed by atoms with Crippen LogP contribution >= 0.6 is 0 Å². The Morgan fingerprint density at radius 3 is 2.56 bits per heavy atom. The van der Waals surface area contributed by atoms with E-state index in [9.17, 15) is 4.79 Å². The van der Waals surface area contributed by atoms with Crippen LogP contribution in [0.2, 0.25) is 0 Å². The van der Waals surface area contributed by atoms with Gasteiger partial charge in [0.15, 0.2) is 0 Å². The van der Waals surface area contributed by atoms with Crippen molar-refractivity contribution in [2.45, 2.75) is 19.4 Å². The van der Waals surface area contributed by atoms with Crippen molar-refractivity contribution in [3.63, 3.8) is 0 Å². The lowest BCUT2D eigenvalue weighted by atomic mass is 9.95. The quantitative estimate of drug-likeness (QED) is 0.374. The first kappa shape index (κ1) is 23.2. The van der Waals surface area contributed by atoms with Crippen LogP contribution in [0.15, 0.2) is 96.5 Å². The average molecular weight is 482 g/mol. The summed E-state index contributed by atoms with van der Waals surface area (Å²) in [5.74, 6) is 1.68. The van der Waals surface area contributed by atoms with Crippen LogP contribution in [0.25, 0.3) is 0 Å². The lowest BCUT2D eigenvalue weighted by Gasteiger charge is -2.29. The van der Waals surface area contributed by atoms with Gasteiger partial charge < -0.3 is 20.1 Å². The number of carbonyl (C=O) groups is 1. The second kappa shape index (κ2) is 10.4. The molecule has 3 aromatic carbocycles. The predicted octanol–water partition coefficient (Wildman–Crippen LogP) is 4.84. The van der Waals surface area contributed by atoms with Crippen LogP contribution in [0.5, 0.6) is 11.5 Å². The van der Waals surface area contributed by atoms with Gasteiger partial charge in [0.05, 0.1) is 25.0 Å². The highest BCUT2D eigenvalue weighted by Gasteiger charge is 2.33. The van der Waals surface area contributed by atoms with Gasteiger partial charge in [0, 0.05) is 12.1 Å². The topological polar surface area (TPSA) is 90.3 Å². The fourth-order valence-corrected chi connectivity index (χ4v) is 4.31. The van der Waals surface area contributed by atoms with E-state index in [2.05, 4.69) is 32.8 Å². The van der Waals surface area contributed by atoms with Crippen LogP contribution in [0, 0.1) is 0 Å². The van der Waals surface area contributed by atoms with Crippen LogP contribution < -0.4 is 20.1 Å². The summed E-state index contributed by atoms with van der Waals surface area (Å²) in [5, 5.41) is 10.6. The normalized spacial score (nSPS) is 14.6. The Labute approximate surface area is 209 Å². The molecule has 1 atom stereocenters. The van der Waals surface area contributed by atoms with E-state index in [4.69, 9.17) is 9.47 Å². The molecule has 1 aliphatic rings. The molecule has 0 saturated carbocycles. The Morgan fingerprint density at radius 1 is 1.03 bits per heavy atom. The molecule has 1 unspecified atom stereocenters. The molecule has 2 N–H and O–H groups in total. The number of methoxy groups -OCH3 is 1. The van der Waals surface area contributed by atoms with E-state index in [1.165, 1.54) is 11.9 Å². The lowest BCUT2D eigenvalue weighted by Crippen LogP contribution is -2.31. The molecule has 8 nitrogen and oxygen atoms in total. The molecule has 1 aliphatic heterocycles. The van der Waals surface area contributed by atoms with Crippen LogP contribution in [-0.2, 0) is 11.2 Å². The van der Waals surface area contributed by atoms with Gasteiger partial charge in [-0.2, -0.15) is 10.1 Å². The first-order chi connectivity index (χ1) is 17.6. The third-order valence-corrected chi connectivity index (χ3v) is 6.09. The van der Waals surface area contributed by atoms with Crippen molar-refractivity contribution in [1.29, 1.82) is 0 Å². The van der Waals surface area contributed by atoms with Gasteiger partial charge in [0.25, 0.3) is 5.91 Å². The third-order valence-electron chi connectivity index (χ3n) is 6.09. The van der Waals surface area contributed by atoms with Gasteiger partial charge >= 0.3 is 0 Å². The molecule has 182 valence electrons. The summed E-state index contributed by atoms with van der Waals surface area (Å²) >= 11 is 0. The van der Waals surface area contributed by atoms with Crippen molar-refractivity contribution in [3.05, 3.63) is 108 Å². The number of nitrogens with zero attached hydrogens (tertiary/aromatic N) is 3. The van der Waals surface area contributed by atoms with E-state index in [-0.39, 0.29) is 5.91 Å². The van der Waals surface area contributed by atoms with Crippen LogP contribution in [0.4, 0.5) is 11.6 Å². The Kier molecular flexibility index (Phi) is 6.66. The molecule has 0 aliphatic carbocycles. The molecular formula is C28H27N5O3. The minimum Gasteiger partial charge on any atom is -0.495 e. The first-order valence-corrected chi connectivity index (χ1v) is 11.7. The summed E-state index contributed by atoms with van der Waals surface area (Å²) in [6, 6.07) is 24.9. The van der Waals surface area contributed by atoms with E-state index in [0.29, 0.717) is 35.3 Å². The summed E-state index contributed by atoms with van der Waals surface area (Å²) in [6.45, 7) is 2.44. The molecule has 36 heavy (non-hydrogen) atoms. The minimum atomic E-state index is -0.461. The number of ether oxygens (including phenoxy) is 2. The van der Waals surface area contributed by atoms with E-state index in [1.807, 2.05) is 61.5 Å². The third kappa shape index (κ3) is 4.79. The molecule has 5 rings (SSSR count). The monoisotopic (exact) mass is 481 g/mol. The Morgan fingerprint density at radius 2 is 1.78 bits per heavy atom. The molecule has 0 fully saturated rings. The maximum absolute atomic E-state index is 13.6. The molecule has 2 heterocycles. The van der Waals surface area contributed by atoms with E-state index < -0.39 is 6.04 Å². The van der Waals surface area contributed by atoms with Gasteiger partial charge in [-0.3, -0.25) is 4.79 Å². The van der Waals surface area contributed by atoms with Crippen LogP contribution in [-0.4, -0.2) is 34.4 Å². The highest BCUT2D eigenvalue weighted by atomic mass is 16.5. The maximum Gasteiger partial charge on any atom is 0.255 e. The molecule has 0 bridgehead atoms. The van der Waals surface area contributed by atoms with E-state index >= 15 is 0 Å². The predicted molar refractivity (Wildman–Crippen MR) is 138 cm³/mol. The second-order valence-electron chi connectivity index (χ2n) is 8.40. The van der Waals surface area contributed by atoms with Gasteiger partial charge in [0.1, 0.15) is 23.9 Å². The zero-order valence-corrected chi connectivity index (χ0v) is 20.1. The fourth-order valence-electron chi connectivity index (χ4n) is 4.31. The van der Waals surface area contributed by atoms with Gasteiger partial charge in [-0.25, -0.2) is 4.68 Å². The van der Waals surface area contributed by atoms with Gasteiger partial charge in [-0.1, -0.05) is 54.6 Å². The average Bonchev–Trinajstić information content (AvgIpc) is 3.37. The number of allylic oxidation sites excluding steroid dienone is 1. The van der Waals surface area contributed by atoms with Crippen LogP contribution in [0.3, 0.4) is 0 Å². The number of amides is 1. The zero-order valence-electron chi connectivity index (χ0n) is 20.1. The summed E-state index contributed by atoms with van der Waals surface area (Å²) in [7, 11) is 1.58. The highest BCUT2D eigenvalue weighted by molar-refractivity contribution is 6.06. The van der Waals surface area contributed by atoms with Crippen molar-refractivity contribution in [2.24, 2.45) is 0 Å². The molecule has 1 aromatic heterocycles. The number of nitrogens with one attached hydrogen (secondary N) is 2. The Hall–Kier alpha value is -4.59. The lowest BCUT2D eigenvalue weighted by molar-refractivity contribution is -0.113. The van der Waals surface area contributed by atoms with E-state index in [1.54, 1.807) is 23.9 Å². The van der Waals surface area contributed by atoms with Crippen molar-refractivity contribution in [2.75, 3.05) is 24.4 Å². The Bertz CT molecular complexity index is 1380. The number of rotatable bonds is 8. The maximum atomic E-state index is 13.6. The smallest absolute Gasteiger partial charge is 0.255 e. The van der Waals surface area contributed by atoms with Crippen molar-refractivity contribution in [1.82, 2.24) is 14.8 Å². The van der Waals surface area contributed by atoms with Crippen molar-refractivity contribution < 1.29 is 14.3 Å². The van der Waals surface area contributed by atoms with Gasteiger partial charge in [-0.15, -0.1) is 0 Å². The molecule has 0 spiro atoms. The van der Waals surface area contributed by atoms with Crippen molar-refractivity contribution in [3.8, 4) is 11.5 Å². The SMILES string of the molecule is COc1ccccc1NC(=O)C1=C(C)Nc2ncnn2C1c1ccc(OCCc2ccccc2)cc1. The van der Waals surface area contributed by atoms with Crippen molar-refractivity contribution >= 4 is 17.5 Å². The summed E-state index contributed by atoms with van der Waals surface area (Å²) in [6.07, 6.45) is 2.30. The number of aromatic nitrogens is 3. The largest absolute Gasteiger partial charge is 0.495 e. The number of hydrogen-bond donors (Lipinski definition) is 2. The molecule has 4 aromatic rings. The number of carbonyl (C=O) groups excluding carboxylic acids is 1. The molecule has 0 saturated heterocycles. The van der Waals surface area contributed by atoms with E-state index in [0.717, 1.165) is 17.7 Å². The number of anilines is 2. The van der Waals surface area contributed by atoms with Crippen LogP contribution in [0.1, 0.15) is 24.1 Å². The standard InChI is InChI=1S/C28H27N5O3/c1-19-25(27(34)32-23-10-6-7-11-24(23)35-2)26(33-28(31-19)29-18-30-33)21-12-14-22(15-13-21)36-17-16-20-8-4-3-5-9-20/h3-15,18,26H,16-17H2,1-2H3,(H,32,34)(H,29,30,31). The molecule has 1 amide bonds. The number of para-hydroxylation sites is 2. The minimum absolute atomic E-state index is 0.251. The van der Waals surface area contributed by atoms with Gasteiger partial charge in [0.2, 0.25) is 5.95 Å². The number of hydrogen-bond acceptors (Lipinski definition) is 6.